The van der Waals surface area contributed by atoms with Crippen LogP contribution < -0.4 is 5.32 Å². The van der Waals surface area contributed by atoms with Gasteiger partial charge >= 0.3 is 0 Å². The topological polar surface area (TPSA) is 43.4 Å². The minimum Gasteiger partial charge on any atom is -0.378 e. The smallest absolute Gasteiger partial charge is 0.134 e. The van der Waals surface area contributed by atoms with Crippen LogP contribution in [-0.2, 0) is 9.47 Å². The number of nitrogens with zero attached hydrogens (tertiary/aromatic N) is 1. The van der Waals surface area contributed by atoms with Gasteiger partial charge in [0.1, 0.15) is 11.4 Å². The van der Waals surface area contributed by atoms with Crippen molar-refractivity contribution in [3.8, 4) is 0 Å². The molecule has 96 valence electrons. The lowest BCUT2D eigenvalue weighted by Gasteiger charge is -2.26. The van der Waals surface area contributed by atoms with Crippen molar-refractivity contribution in [1.82, 2.24) is 4.98 Å². The number of aromatic nitrogens is 1. The number of hydrogen-bond acceptors (Lipinski definition) is 5. The summed E-state index contributed by atoms with van der Waals surface area (Å²) in [4.78, 5) is 4.40. The van der Waals surface area contributed by atoms with Gasteiger partial charge in [0.15, 0.2) is 0 Å². The molecule has 0 saturated carbocycles. The first-order valence-corrected chi connectivity index (χ1v) is 6.90. The number of thiophene rings is 1. The highest BCUT2D eigenvalue weighted by Gasteiger charge is 2.34. The average Bonchev–Trinajstić information content (AvgIpc) is 3.06. The molecule has 2 aromatic heterocycles. The van der Waals surface area contributed by atoms with Gasteiger partial charge in [-0.2, -0.15) is 0 Å². The van der Waals surface area contributed by atoms with Gasteiger partial charge in [-0.25, -0.2) is 4.98 Å². The fraction of sp³-hybridized carbons (Fsp3) is 0.462. The van der Waals surface area contributed by atoms with Crippen molar-refractivity contribution in [3.63, 3.8) is 0 Å². The molecule has 1 atom stereocenters. The van der Waals surface area contributed by atoms with E-state index in [1.807, 2.05) is 12.3 Å². The number of anilines is 1. The van der Waals surface area contributed by atoms with E-state index in [-0.39, 0.29) is 5.60 Å². The summed E-state index contributed by atoms with van der Waals surface area (Å²) in [6.07, 6.45) is 2.77. The SMILES string of the molecule is COC1(CNc2nccc3sccc23)CCOC1. The summed E-state index contributed by atoms with van der Waals surface area (Å²) < 4.78 is 12.3. The number of pyridine rings is 1. The maximum Gasteiger partial charge on any atom is 0.134 e. The van der Waals surface area contributed by atoms with Gasteiger partial charge in [0, 0.05) is 43.0 Å². The third-order valence-corrected chi connectivity index (χ3v) is 4.34. The second-order valence-electron chi connectivity index (χ2n) is 4.54. The van der Waals surface area contributed by atoms with Crippen molar-refractivity contribution in [2.75, 3.05) is 32.2 Å². The molecule has 0 aliphatic carbocycles. The van der Waals surface area contributed by atoms with Crippen molar-refractivity contribution in [3.05, 3.63) is 23.7 Å². The lowest BCUT2D eigenvalue weighted by Crippen LogP contribution is -2.39. The highest BCUT2D eigenvalue weighted by Crippen LogP contribution is 2.28. The minimum absolute atomic E-state index is 0.208. The van der Waals surface area contributed by atoms with Gasteiger partial charge in [0.05, 0.1) is 6.61 Å². The van der Waals surface area contributed by atoms with E-state index < -0.39 is 0 Å². The van der Waals surface area contributed by atoms with Gasteiger partial charge in [0.2, 0.25) is 0 Å². The van der Waals surface area contributed by atoms with Crippen LogP contribution in [0.3, 0.4) is 0 Å². The zero-order valence-corrected chi connectivity index (χ0v) is 11.1. The molecule has 4 nitrogen and oxygen atoms in total. The molecule has 0 radical (unpaired) electrons. The van der Waals surface area contributed by atoms with Crippen molar-refractivity contribution in [1.29, 1.82) is 0 Å². The number of rotatable bonds is 4. The first-order valence-electron chi connectivity index (χ1n) is 6.02. The normalized spacial score (nSPS) is 23.6. The second kappa shape index (κ2) is 4.84. The number of hydrogen-bond donors (Lipinski definition) is 1. The maximum absolute atomic E-state index is 5.60. The predicted octanol–water partition coefficient (Wildman–Crippen LogP) is 2.51. The van der Waals surface area contributed by atoms with Crippen LogP contribution in [0.4, 0.5) is 5.82 Å². The van der Waals surface area contributed by atoms with E-state index in [4.69, 9.17) is 9.47 Å². The van der Waals surface area contributed by atoms with E-state index in [0.29, 0.717) is 6.61 Å². The van der Waals surface area contributed by atoms with Crippen molar-refractivity contribution in [2.45, 2.75) is 12.0 Å². The Morgan fingerprint density at radius 2 is 2.50 bits per heavy atom. The average molecular weight is 264 g/mol. The molecule has 0 bridgehead atoms. The summed E-state index contributed by atoms with van der Waals surface area (Å²) >= 11 is 1.73. The fourth-order valence-corrected chi connectivity index (χ4v) is 3.02. The van der Waals surface area contributed by atoms with Crippen LogP contribution in [0.5, 0.6) is 0 Å². The van der Waals surface area contributed by atoms with Crippen molar-refractivity contribution < 1.29 is 9.47 Å². The first kappa shape index (κ1) is 11.9. The molecule has 1 saturated heterocycles. The van der Waals surface area contributed by atoms with Gasteiger partial charge in [-0.15, -0.1) is 11.3 Å². The number of fused-ring (bicyclic) bond motifs is 1. The van der Waals surface area contributed by atoms with E-state index in [2.05, 4.69) is 21.7 Å². The Bertz CT molecular complexity index is 535. The second-order valence-corrected chi connectivity index (χ2v) is 5.48. The molecule has 0 amide bonds. The molecule has 0 spiro atoms. The molecule has 1 aliphatic heterocycles. The lowest BCUT2D eigenvalue weighted by molar-refractivity contribution is -0.00623. The molecule has 1 N–H and O–H groups in total. The summed E-state index contributed by atoms with van der Waals surface area (Å²) in [5.41, 5.74) is -0.208. The van der Waals surface area contributed by atoms with Crippen LogP contribution >= 0.6 is 11.3 Å². The first-order chi connectivity index (χ1) is 8.83. The summed E-state index contributed by atoms with van der Waals surface area (Å²) in [7, 11) is 1.75. The predicted molar refractivity (Wildman–Crippen MR) is 73.3 cm³/mol. The Hall–Kier alpha value is -1.17. The summed E-state index contributed by atoms with van der Waals surface area (Å²) in [5.74, 6) is 0.928. The van der Waals surface area contributed by atoms with E-state index in [1.165, 1.54) is 10.1 Å². The van der Waals surface area contributed by atoms with E-state index in [9.17, 15) is 0 Å². The van der Waals surface area contributed by atoms with Gasteiger partial charge < -0.3 is 14.8 Å². The summed E-state index contributed by atoms with van der Waals surface area (Å²) in [5, 5.41) is 6.66. The fourth-order valence-electron chi connectivity index (χ4n) is 2.24. The Labute approximate surface area is 110 Å². The zero-order valence-electron chi connectivity index (χ0n) is 10.3. The van der Waals surface area contributed by atoms with E-state index >= 15 is 0 Å². The van der Waals surface area contributed by atoms with Crippen LogP contribution in [0.2, 0.25) is 0 Å². The monoisotopic (exact) mass is 264 g/mol. The van der Waals surface area contributed by atoms with Crippen LogP contribution in [0.1, 0.15) is 6.42 Å². The Morgan fingerprint density at radius 1 is 1.56 bits per heavy atom. The largest absolute Gasteiger partial charge is 0.378 e. The molecule has 1 fully saturated rings. The summed E-state index contributed by atoms with van der Waals surface area (Å²) in [6.45, 7) is 2.15. The highest BCUT2D eigenvalue weighted by molar-refractivity contribution is 7.17. The van der Waals surface area contributed by atoms with Gasteiger partial charge in [0.25, 0.3) is 0 Å². The molecule has 3 rings (SSSR count). The molecular formula is C13H16N2O2S. The van der Waals surface area contributed by atoms with E-state index in [0.717, 1.165) is 25.4 Å². The quantitative estimate of drug-likeness (QED) is 0.921. The highest BCUT2D eigenvalue weighted by atomic mass is 32.1. The number of methoxy groups -OCH3 is 1. The molecule has 5 heteroatoms. The van der Waals surface area contributed by atoms with Crippen LogP contribution in [0, 0.1) is 0 Å². The van der Waals surface area contributed by atoms with Crippen LogP contribution in [0.25, 0.3) is 10.1 Å². The molecule has 1 unspecified atom stereocenters. The standard InChI is InChI=1S/C13H16N2O2S/c1-16-13(4-6-17-9-13)8-15-12-10-3-7-18-11(10)2-5-14-12/h2-3,5,7H,4,6,8-9H2,1H3,(H,14,15). The minimum atomic E-state index is -0.208. The maximum atomic E-state index is 5.60. The molecular weight excluding hydrogens is 248 g/mol. The Kier molecular flexibility index (Phi) is 3.20. The van der Waals surface area contributed by atoms with Gasteiger partial charge in [-0.1, -0.05) is 0 Å². The van der Waals surface area contributed by atoms with Crippen LogP contribution in [0.15, 0.2) is 23.7 Å². The molecule has 3 heterocycles. The molecule has 18 heavy (non-hydrogen) atoms. The number of nitrogens with one attached hydrogen (secondary N) is 1. The van der Waals surface area contributed by atoms with E-state index in [1.54, 1.807) is 18.4 Å². The zero-order chi connectivity index (χ0) is 12.4. The van der Waals surface area contributed by atoms with Crippen molar-refractivity contribution >= 4 is 27.2 Å². The third kappa shape index (κ3) is 2.09. The molecule has 0 aromatic carbocycles. The Morgan fingerprint density at radius 3 is 3.28 bits per heavy atom. The van der Waals surface area contributed by atoms with Crippen LogP contribution in [-0.4, -0.2) is 37.5 Å². The summed E-state index contributed by atoms with van der Waals surface area (Å²) in [6, 6.07) is 4.13. The van der Waals surface area contributed by atoms with Gasteiger partial charge in [-0.05, 0) is 17.5 Å². The number of ether oxygens (including phenoxy) is 2. The molecule has 1 aliphatic rings. The third-order valence-electron chi connectivity index (χ3n) is 3.46. The lowest BCUT2D eigenvalue weighted by atomic mass is 10.0. The van der Waals surface area contributed by atoms with Crippen molar-refractivity contribution in [2.24, 2.45) is 0 Å². The molecule has 2 aromatic rings. The van der Waals surface area contributed by atoms with Gasteiger partial charge in [-0.3, -0.25) is 0 Å². The Balaban J connectivity index is 1.78.